The summed E-state index contributed by atoms with van der Waals surface area (Å²) in [6, 6.07) is -0.531. The summed E-state index contributed by atoms with van der Waals surface area (Å²) >= 11 is 0. The molecule has 0 amide bonds. The molecule has 0 saturated heterocycles. The van der Waals surface area contributed by atoms with Crippen molar-refractivity contribution in [3.63, 3.8) is 0 Å². The number of nitrogens with two attached hydrogens (primary N) is 1. The van der Waals surface area contributed by atoms with Crippen molar-refractivity contribution in [1.82, 2.24) is 0 Å². The lowest BCUT2D eigenvalue weighted by Gasteiger charge is -2.23. The van der Waals surface area contributed by atoms with Crippen LogP contribution in [0.4, 0.5) is 26.3 Å². The topological polar surface area (TPSA) is 35.2 Å². The first-order chi connectivity index (χ1) is 10.0. The molecule has 9 heteroatoms. The van der Waals surface area contributed by atoms with Gasteiger partial charge in [0.15, 0.2) is 0 Å². The minimum absolute atomic E-state index is 0. The molecule has 2 N–H and O–H groups in total. The molecule has 0 spiro atoms. The first kappa shape index (κ1) is 21.6. The predicted octanol–water partition coefficient (Wildman–Crippen LogP) is 5.12. The van der Waals surface area contributed by atoms with Crippen LogP contribution in [-0.2, 0) is 12.4 Å². The van der Waals surface area contributed by atoms with Crippen molar-refractivity contribution in [1.29, 1.82) is 0 Å². The van der Waals surface area contributed by atoms with Crippen LogP contribution in [0.3, 0.4) is 0 Å². The van der Waals surface area contributed by atoms with Gasteiger partial charge in [-0.1, -0.05) is 6.08 Å². The Kier molecular flexibility index (Phi) is 7.43. The zero-order chi connectivity index (χ0) is 17.1. The van der Waals surface area contributed by atoms with Crippen molar-refractivity contribution in [3.8, 4) is 5.75 Å². The third-order valence-electron chi connectivity index (χ3n) is 3.05. The fraction of sp³-hybridized carbons (Fsp3) is 0.429. The number of alkyl halides is 6. The standard InChI is InChI=1S/C14H15F6NO.ClH/c1-3-4-5-10(21)12-9(14(18,19)20)6-8(13(15,16)17)7-11(12)22-2;/h3,6-7,10H,1,4-5,21H2,2H3;1H/t10-;/m1./s1. The van der Waals surface area contributed by atoms with Gasteiger partial charge in [0.1, 0.15) is 5.75 Å². The Bertz CT molecular complexity index is 541. The lowest BCUT2D eigenvalue weighted by Crippen LogP contribution is -2.20. The molecule has 1 aromatic carbocycles. The average Bonchev–Trinajstić information content (AvgIpc) is 2.41. The van der Waals surface area contributed by atoms with Crippen molar-refractivity contribution < 1.29 is 31.1 Å². The molecule has 132 valence electrons. The fourth-order valence-corrected chi connectivity index (χ4v) is 2.02. The van der Waals surface area contributed by atoms with E-state index in [0.29, 0.717) is 12.5 Å². The highest BCUT2D eigenvalue weighted by Crippen LogP contribution is 2.43. The van der Waals surface area contributed by atoms with Crippen LogP contribution in [0.5, 0.6) is 5.75 Å². The van der Waals surface area contributed by atoms with Crippen molar-refractivity contribution in [2.45, 2.75) is 31.2 Å². The molecule has 1 atom stereocenters. The fourth-order valence-electron chi connectivity index (χ4n) is 2.02. The highest BCUT2D eigenvalue weighted by Gasteiger charge is 2.40. The van der Waals surface area contributed by atoms with Crippen LogP contribution in [0.25, 0.3) is 0 Å². The first-order valence-corrected chi connectivity index (χ1v) is 6.25. The number of benzene rings is 1. The summed E-state index contributed by atoms with van der Waals surface area (Å²) in [5.74, 6) is -0.529. The molecule has 23 heavy (non-hydrogen) atoms. The zero-order valence-electron chi connectivity index (χ0n) is 12.1. The molecule has 0 aliphatic rings. The maximum atomic E-state index is 13.1. The molecule has 1 aromatic rings. The Morgan fingerprint density at radius 1 is 1.17 bits per heavy atom. The minimum atomic E-state index is -4.98. The number of methoxy groups -OCH3 is 1. The third-order valence-corrected chi connectivity index (χ3v) is 3.05. The number of hydrogen-bond acceptors (Lipinski definition) is 2. The first-order valence-electron chi connectivity index (χ1n) is 6.25. The Labute approximate surface area is 135 Å². The van der Waals surface area contributed by atoms with Gasteiger partial charge >= 0.3 is 12.4 Å². The average molecular weight is 364 g/mol. The van der Waals surface area contributed by atoms with E-state index in [1.165, 1.54) is 6.08 Å². The second-order valence-corrected chi connectivity index (χ2v) is 4.61. The molecule has 2 nitrogen and oxygen atoms in total. The van der Waals surface area contributed by atoms with Crippen molar-refractivity contribution in [3.05, 3.63) is 41.5 Å². The normalized spacial score (nSPS) is 13.2. The molecule has 0 saturated carbocycles. The lowest BCUT2D eigenvalue weighted by atomic mass is 9.93. The number of ether oxygens (including phenoxy) is 1. The van der Waals surface area contributed by atoms with Crippen LogP contribution in [0, 0.1) is 0 Å². The summed E-state index contributed by atoms with van der Waals surface area (Å²) in [5, 5.41) is 0. The van der Waals surface area contributed by atoms with Crippen LogP contribution in [0.1, 0.15) is 35.6 Å². The van der Waals surface area contributed by atoms with E-state index in [1.54, 1.807) is 0 Å². The van der Waals surface area contributed by atoms with Crippen LogP contribution in [0.15, 0.2) is 24.8 Å². The molecular formula is C14H16ClF6NO. The van der Waals surface area contributed by atoms with Crippen LogP contribution >= 0.6 is 12.4 Å². The molecule has 0 fully saturated rings. The summed E-state index contributed by atoms with van der Waals surface area (Å²) in [7, 11) is 0.999. The molecule has 0 unspecified atom stereocenters. The van der Waals surface area contributed by atoms with Gasteiger partial charge in [0.25, 0.3) is 0 Å². The predicted molar refractivity (Wildman–Crippen MR) is 76.6 cm³/mol. The van der Waals surface area contributed by atoms with E-state index in [2.05, 4.69) is 6.58 Å². The minimum Gasteiger partial charge on any atom is -0.496 e. The zero-order valence-corrected chi connectivity index (χ0v) is 12.9. The van der Waals surface area contributed by atoms with Gasteiger partial charge in [0.05, 0.1) is 18.2 Å². The van der Waals surface area contributed by atoms with Gasteiger partial charge in [-0.3, -0.25) is 0 Å². The van der Waals surface area contributed by atoms with Crippen LogP contribution in [-0.4, -0.2) is 7.11 Å². The smallest absolute Gasteiger partial charge is 0.416 e. The summed E-state index contributed by atoms with van der Waals surface area (Å²) in [6.07, 6.45) is -8.01. The van der Waals surface area contributed by atoms with E-state index >= 15 is 0 Å². The molecule has 0 heterocycles. The molecule has 0 aliphatic carbocycles. The van der Waals surface area contributed by atoms with E-state index in [9.17, 15) is 26.3 Å². The maximum absolute atomic E-state index is 13.1. The second-order valence-electron chi connectivity index (χ2n) is 4.61. The maximum Gasteiger partial charge on any atom is 0.416 e. The third kappa shape index (κ3) is 5.31. The number of rotatable bonds is 5. The Balaban J connectivity index is 0.00000484. The summed E-state index contributed by atoms with van der Waals surface area (Å²) in [4.78, 5) is 0. The lowest BCUT2D eigenvalue weighted by molar-refractivity contribution is -0.143. The van der Waals surface area contributed by atoms with Gasteiger partial charge in [0.2, 0.25) is 0 Å². The quantitative estimate of drug-likeness (QED) is 0.582. The van der Waals surface area contributed by atoms with Gasteiger partial charge < -0.3 is 10.5 Å². The molecular weight excluding hydrogens is 348 g/mol. The number of hydrogen-bond donors (Lipinski definition) is 1. The number of allylic oxidation sites excluding steroid dienone is 1. The van der Waals surface area contributed by atoms with Crippen molar-refractivity contribution in [2.75, 3.05) is 7.11 Å². The van der Waals surface area contributed by atoms with Gasteiger partial charge in [-0.2, -0.15) is 26.3 Å². The van der Waals surface area contributed by atoms with Crippen LogP contribution < -0.4 is 10.5 Å². The van der Waals surface area contributed by atoms with E-state index in [0.717, 1.165) is 7.11 Å². The number of halogens is 7. The highest BCUT2D eigenvalue weighted by molar-refractivity contribution is 5.85. The van der Waals surface area contributed by atoms with Crippen molar-refractivity contribution >= 4 is 12.4 Å². The molecule has 0 radical (unpaired) electrons. The van der Waals surface area contributed by atoms with E-state index in [4.69, 9.17) is 10.5 Å². The SMILES string of the molecule is C=CCC[C@@H](N)c1c(OC)cc(C(F)(F)F)cc1C(F)(F)F.Cl. The van der Waals surface area contributed by atoms with Crippen molar-refractivity contribution in [2.24, 2.45) is 5.73 Å². The molecule has 0 aromatic heterocycles. The highest BCUT2D eigenvalue weighted by atomic mass is 35.5. The summed E-state index contributed by atoms with van der Waals surface area (Å²) in [6.45, 7) is 3.43. The largest absolute Gasteiger partial charge is 0.496 e. The Morgan fingerprint density at radius 2 is 1.74 bits per heavy atom. The summed E-state index contributed by atoms with van der Waals surface area (Å²) < 4.78 is 82.3. The van der Waals surface area contributed by atoms with Gasteiger partial charge in [-0.25, -0.2) is 0 Å². The van der Waals surface area contributed by atoms with Gasteiger partial charge in [-0.15, -0.1) is 19.0 Å². The van der Waals surface area contributed by atoms with E-state index in [-0.39, 0.29) is 24.9 Å². The summed E-state index contributed by atoms with van der Waals surface area (Å²) in [5.41, 5.74) is 2.35. The second kappa shape index (κ2) is 7.92. The van der Waals surface area contributed by atoms with Crippen LogP contribution in [0.2, 0.25) is 0 Å². The Morgan fingerprint density at radius 3 is 2.13 bits per heavy atom. The van der Waals surface area contributed by atoms with E-state index in [1.807, 2.05) is 0 Å². The van der Waals surface area contributed by atoms with E-state index < -0.39 is 40.8 Å². The molecule has 0 aliphatic heterocycles. The van der Waals surface area contributed by atoms with Gasteiger partial charge in [-0.05, 0) is 25.0 Å². The monoisotopic (exact) mass is 363 g/mol. The molecule has 1 rings (SSSR count). The van der Waals surface area contributed by atoms with Gasteiger partial charge in [0, 0.05) is 11.6 Å². The Hall–Kier alpha value is -1.41. The molecule has 0 bridgehead atoms.